The number of hydrogen-bond acceptors (Lipinski definition) is 5. The molecule has 122 valence electrons. The molecule has 1 saturated heterocycles. The minimum absolute atomic E-state index is 0.0972. The maximum atomic E-state index is 12.1. The van der Waals surface area contributed by atoms with Crippen molar-refractivity contribution in [1.82, 2.24) is 24.8 Å². The van der Waals surface area contributed by atoms with Gasteiger partial charge < -0.3 is 15.6 Å². The van der Waals surface area contributed by atoms with Crippen LogP contribution >= 0.6 is 0 Å². The highest BCUT2D eigenvalue weighted by Gasteiger charge is 2.23. The molecule has 3 rings (SSSR count). The Kier molecular flexibility index (Phi) is 4.57. The van der Waals surface area contributed by atoms with Gasteiger partial charge in [0.2, 0.25) is 0 Å². The van der Waals surface area contributed by atoms with Crippen LogP contribution in [0.4, 0.5) is 5.82 Å². The number of nitrogens with two attached hydrogens (primary N) is 1. The number of amides is 1. The molecule has 0 aliphatic carbocycles. The molecule has 1 atom stereocenters. The van der Waals surface area contributed by atoms with Crippen molar-refractivity contribution in [2.75, 3.05) is 25.4 Å². The number of hydrogen-bond donors (Lipinski definition) is 2. The Morgan fingerprint density at radius 2 is 2.30 bits per heavy atom. The van der Waals surface area contributed by atoms with Crippen LogP contribution in [-0.4, -0.2) is 45.0 Å². The average molecular weight is 314 g/mol. The number of nitrogens with zero attached hydrogens (tertiary/aromatic N) is 4. The van der Waals surface area contributed by atoms with Gasteiger partial charge in [-0.25, -0.2) is 9.97 Å². The second-order valence-corrected chi connectivity index (χ2v) is 6.03. The van der Waals surface area contributed by atoms with E-state index >= 15 is 0 Å². The summed E-state index contributed by atoms with van der Waals surface area (Å²) in [6.45, 7) is 3.56. The summed E-state index contributed by atoms with van der Waals surface area (Å²) in [6, 6.07) is 3.33. The number of aryl methyl sites for hydroxylation is 1. The number of likely N-dealkylation sites (tertiary alicyclic amines) is 1. The van der Waals surface area contributed by atoms with E-state index in [4.69, 9.17) is 5.73 Å². The lowest BCUT2D eigenvalue weighted by Crippen LogP contribution is -2.31. The predicted molar refractivity (Wildman–Crippen MR) is 87.6 cm³/mol. The largest absolute Gasteiger partial charge is 0.384 e. The third-order valence-corrected chi connectivity index (χ3v) is 4.26. The fraction of sp³-hybridized carbons (Fsp3) is 0.438. The molecule has 3 heterocycles. The van der Waals surface area contributed by atoms with E-state index in [1.165, 1.54) is 6.20 Å². The molecule has 23 heavy (non-hydrogen) atoms. The summed E-state index contributed by atoms with van der Waals surface area (Å²) < 4.78 is 2.04. The molecule has 1 unspecified atom stereocenters. The average Bonchev–Trinajstić information content (AvgIpc) is 3.16. The van der Waals surface area contributed by atoms with Gasteiger partial charge in [-0.1, -0.05) is 0 Å². The number of imidazole rings is 1. The number of carbonyl (C=O) groups excluding carboxylic acids is 1. The van der Waals surface area contributed by atoms with Gasteiger partial charge in [-0.15, -0.1) is 0 Å². The van der Waals surface area contributed by atoms with E-state index in [-0.39, 0.29) is 5.91 Å². The molecule has 1 amide bonds. The van der Waals surface area contributed by atoms with E-state index in [9.17, 15) is 4.79 Å². The van der Waals surface area contributed by atoms with Gasteiger partial charge in [-0.2, -0.15) is 0 Å². The smallest absolute Gasteiger partial charge is 0.252 e. The van der Waals surface area contributed by atoms with Gasteiger partial charge in [0, 0.05) is 38.7 Å². The monoisotopic (exact) mass is 314 g/mol. The van der Waals surface area contributed by atoms with Crippen LogP contribution in [0.2, 0.25) is 0 Å². The van der Waals surface area contributed by atoms with E-state index in [2.05, 4.69) is 20.2 Å². The maximum absolute atomic E-state index is 12.1. The van der Waals surface area contributed by atoms with Crippen LogP contribution < -0.4 is 11.1 Å². The topological polar surface area (TPSA) is 89.1 Å². The van der Waals surface area contributed by atoms with Crippen molar-refractivity contribution in [3.63, 3.8) is 0 Å². The predicted octanol–water partition coefficient (Wildman–Crippen LogP) is 0.649. The molecule has 7 heteroatoms. The lowest BCUT2D eigenvalue weighted by atomic mass is 10.1. The number of anilines is 1. The summed E-state index contributed by atoms with van der Waals surface area (Å²) in [6.07, 6.45) is 6.38. The van der Waals surface area contributed by atoms with Gasteiger partial charge in [0.1, 0.15) is 11.6 Å². The SMILES string of the molecule is Cn1ccnc1CN1CCC(CNC(=O)c2ccc(N)nc2)C1. The number of nitrogens with one attached hydrogen (secondary N) is 1. The molecule has 0 saturated carbocycles. The summed E-state index contributed by atoms with van der Waals surface area (Å²) in [4.78, 5) is 22.8. The van der Waals surface area contributed by atoms with Crippen LogP contribution in [0.3, 0.4) is 0 Å². The minimum atomic E-state index is -0.0972. The summed E-state index contributed by atoms with van der Waals surface area (Å²) in [5.41, 5.74) is 6.07. The minimum Gasteiger partial charge on any atom is -0.384 e. The van der Waals surface area contributed by atoms with Crippen LogP contribution in [0, 0.1) is 5.92 Å². The first-order chi connectivity index (χ1) is 11.1. The zero-order chi connectivity index (χ0) is 16.2. The van der Waals surface area contributed by atoms with Crippen molar-refractivity contribution in [2.45, 2.75) is 13.0 Å². The fourth-order valence-corrected chi connectivity index (χ4v) is 2.85. The molecular formula is C16H22N6O. The highest BCUT2D eigenvalue weighted by atomic mass is 16.1. The lowest BCUT2D eigenvalue weighted by molar-refractivity contribution is 0.0947. The molecule has 0 radical (unpaired) electrons. The van der Waals surface area contributed by atoms with E-state index in [1.54, 1.807) is 12.1 Å². The molecular weight excluding hydrogens is 292 g/mol. The summed E-state index contributed by atoms with van der Waals surface area (Å²) in [5.74, 6) is 1.87. The molecule has 3 N–H and O–H groups in total. The standard InChI is InChI=1S/C16H22N6O/c1-21-7-5-18-15(21)11-22-6-4-12(10-22)8-20-16(23)13-2-3-14(17)19-9-13/h2-3,5,7,9,12H,4,6,8,10-11H2,1H3,(H2,17,19)(H,20,23). The van der Waals surface area contributed by atoms with Crippen molar-refractivity contribution in [3.8, 4) is 0 Å². The summed E-state index contributed by atoms with van der Waals surface area (Å²) >= 11 is 0. The first-order valence-corrected chi connectivity index (χ1v) is 7.80. The second-order valence-electron chi connectivity index (χ2n) is 6.03. The van der Waals surface area contributed by atoms with E-state index in [0.29, 0.717) is 23.8 Å². The van der Waals surface area contributed by atoms with Crippen LogP contribution in [-0.2, 0) is 13.6 Å². The van der Waals surface area contributed by atoms with Gasteiger partial charge >= 0.3 is 0 Å². The second kappa shape index (κ2) is 6.78. The molecule has 0 spiro atoms. The van der Waals surface area contributed by atoms with Gasteiger partial charge in [-0.05, 0) is 31.0 Å². The van der Waals surface area contributed by atoms with Crippen molar-refractivity contribution in [1.29, 1.82) is 0 Å². The molecule has 2 aromatic rings. The Balaban J connectivity index is 1.46. The van der Waals surface area contributed by atoms with Gasteiger partial charge in [0.05, 0.1) is 12.1 Å². The van der Waals surface area contributed by atoms with Crippen LogP contribution in [0.15, 0.2) is 30.7 Å². The Morgan fingerprint density at radius 1 is 1.43 bits per heavy atom. The molecule has 7 nitrogen and oxygen atoms in total. The zero-order valence-corrected chi connectivity index (χ0v) is 13.3. The van der Waals surface area contributed by atoms with Crippen LogP contribution in [0.25, 0.3) is 0 Å². The third kappa shape index (κ3) is 3.87. The van der Waals surface area contributed by atoms with Gasteiger partial charge in [-0.3, -0.25) is 9.69 Å². The first-order valence-electron chi connectivity index (χ1n) is 7.80. The molecule has 1 aliphatic heterocycles. The maximum Gasteiger partial charge on any atom is 0.252 e. The van der Waals surface area contributed by atoms with E-state index < -0.39 is 0 Å². The number of nitrogen functional groups attached to an aromatic ring is 1. The number of carbonyl (C=O) groups is 1. The fourth-order valence-electron chi connectivity index (χ4n) is 2.85. The molecule has 2 aromatic heterocycles. The third-order valence-electron chi connectivity index (χ3n) is 4.26. The quantitative estimate of drug-likeness (QED) is 0.846. The zero-order valence-electron chi connectivity index (χ0n) is 13.3. The first kappa shape index (κ1) is 15.5. The Labute approximate surface area is 135 Å². The van der Waals surface area contributed by atoms with Gasteiger partial charge in [0.15, 0.2) is 0 Å². The molecule has 1 aliphatic rings. The molecule has 0 bridgehead atoms. The Morgan fingerprint density at radius 3 is 3.00 bits per heavy atom. The lowest BCUT2D eigenvalue weighted by Gasteiger charge is -2.16. The summed E-state index contributed by atoms with van der Waals surface area (Å²) in [5, 5.41) is 2.98. The van der Waals surface area contributed by atoms with Crippen molar-refractivity contribution in [2.24, 2.45) is 13.0 Å². The molecule has 1 fully saturated rings. The number of rotatable bonds is 5. The van der Waals surface area contributed by atoms with Crippen molar-refractivity contribution < 1.29 is 4.79 Å². The Hall–Kier alpha value is -2.41. The van der Waals surface area contributed by atoms with Crippen molar-refractivity contribution in [3.05, 3.63) is 42.1 Å². The van der Waals surface area contributed by atoms with E-state index in [0.717, 1.165) is 31.9 Å². The van der Waals surface area contributed by atoms with Gasteiger partial charge in [0.25, 0.3) is 5.91 Å². The highest BCUT2D eigenvalue weighted by Crippen LogP contribution is 2.17. The van der Waals surface area contributed by atoms with E-state index in [1.807, 2.05) is 24.0 Å². The number of pyridine rings is 1. The van der Waals surface area contributed by atoms with Crippen LogP contribution in [0.5, 0.6) is 0 Å². The van der Waals surface area contributed by atoms with Crippen molar-refractivity contribution >= 4 is 11.7 Å². The van der Waals surface area contributed by atoms with Crippen LogP contribution in [0.1, 0.15) is 22.6 Å². The normalized spacial score (nSPS) is 18.2. The number of aromatic nitrogens is 3. The molecule has 0 aromatic carbocycles. The Bertz CT molecular complexity index is 665. The highest BCUT2D eigenvalue weighted by molar-refractivity contribution is 5.93. The summed E-state index contributed by atoms with van der Waals surface area (Å²) in [7, 11) is 2.01.